The van der Waals surface area contributed by atoms with Gasteiger partial charge in [-0.1, -0.05) is 6.07 Å². The summed E-state index contributed by atoms with van der Waals surface area (Å²) >= 11 is 0. The Morgan fingerprint density at radius 2 is 2.05 bits per heavy atom. The maximum Gasteiger partial charge on any atom is 0.342 e. The summed E-state index contributed by atoms with van der Waals surface area (Å²) in [5, 5.41) is 10.6. The molecule has 1 aromatic carbocycles. The predicted octanol–water partition coefficient (Wildman–Crippen LogP) is 0.486. The van der Waals surface area contributed by atoms with Crippen LogP contribution in [0.5, 0.6) is 5.75 Å². The van der Waals surface area contributed by atoms with E-state index in [1.54, 1.807) is 5.32 Å². The topological polar surface area (TPSA) is 119 Å². The van der Waals surface area contributed by atoms with E-state index in [1.807, 2.05) is 0 Å². The largest absolute Gasteiger partial charge is 0.480 e. The third-order valence-electron chi connectivity index (χ3n) is 2.11. The number of nitrogens with one attached hydrogen (secondary N) is 1. The number of carboxylic acids is 1. The summed E-state index contributed by atoms with van der Waals surface area (Å²) in [4.78, 5) is 32.7. The van der Waals surface area contributed by atoms with E-state index in [4.69, 9.17) is 15.6 Å². The molecule has 1 rings (SSSR count). The maximum absolute atomic E-state index is 13.3. The Morgan fingerprint density at radius 3 is 2.58 bits per heavy atom. The summed E-state index contributed by atoms with van der Waals surface area (Å²) < 4.78 is 18.3. The molecule has 0 bridgehead atoms. The zero-order chi connectivity index (χ0) is 14.6. The standard InChI is InChI=1S/C11H11FN2O5/c1-5(9(15)14-11(13)18)19-7-4-2-3-6(12)8(7)10(16)17/h2-5H,1H3,(H,16,17)(H3,13,14,15,18). The molecule has 1 unspecified atom stereocenters. The normalized spacial score (nSPS) is 11.5. The molecule has 0 spiro atoms. The van der Waals surface area contributed by atoms with Crippen molar-refractivity contribution in [2.45, 2.75) is 13.0 Å². The minimum atomic E-state index is -1.53. The van der Waals surface area contributed by atoms with Crippen LogP contribution >= 0.6 is 0 Å². The van der Waals surface area contributed by atoms with Gasteiger partial charge in [0.25, 0.3) is 5.91 Å². The molecule has 0 saturated heterocycles. The first-order chi connectivity index (χ1) is 8.82. The molecule has 0 heterocycles. The van der Waals surface area contributed by atoms with Crippen molar-refractivity contribution in [3.8, 4) is 5.75 Å². The SMILES string of the molecule is CC(Oc1cccc(F)c1C(=O)O)C(=O)NC(N)=O. The number of nitrogens with two attached hydrogens (primary N) is 1. The lowest BCUT2D eigenvalue weighted by molar-refractivity contribution is -0.126. The monoisotopic (exact) mass is 270 g/mol. The Labute approximate surface area is 107 Å². The molecule has 0 radical (unpaired) electrons. The average Bonchev–Trinajstić information content (AvgIpc) is 2.27. The van der Waals surface area contributed by atoms with Crippen molar-refractivity contribution in [2.24, 2.45) is 5.73 Å². The van der Waals surface area contributed by atoms with Crippen LogP contribution in [0.3, 0.4) is 0 Å². The molecule has 0 aliphatic heterocycles. The zero-order valence-electron chi connectivity index (χ0n) is 9.84. The van der Waals surface area contributed by atoms with Crippen LogP contribution in [0, 0.1) is 5.82 Å². The fourth-order valence-corrected chi connectivity index (χ4v) is 1.28. The molecule has 0 saturated carbocycles. The molecule has 7 nitrogen and oxygen atoms in total. The van der Waals surface area contributed by atoms with E-state index in [9.17, 15) is 18.8 Å². The number of carboxylic acid groups (broad SMARTS) is 1. The van der Waals surface area contributed by atoms with Crippen LogP contribution in [-0.4, -0.2) is 29.1 Å². The van der Waals surface area contributed by atoms with E-state index < -0.39 is 35.4 Å². The lowest BCUT2D eigenvalue weighted by atomic mass is 10.2. The highest BCUT2D eigenvalue weighted by Gasteiger charge is 2.22. The Hall–Kier alpha value is -2.64. The van der Waals surface area contributed by atoms with Gasteiger partial charge >= 0.3 is 12.0 Å². The van der Waals surface area contributed by atoms with Crippen LogP contribution in [-0.2, 0) is 4.79 Å². The molecular weight excluding hydrogens is 259 g/mol. The van der Waals surface area contributed by atoms with Crippen molar-refractivity contribution in [2.75, 3.05) is 0 Å². The summed E-state index contributed by atoms with van der Waals surface area (Å²) in [7, 11) is 0. The fraction of sp³-hybridized carbons (Fsp3) is 0.182. The summed E-state index contributed by atoms with van der Waals surface area (Å²) in [5.74, 6) is -3.71. The molecule has 3 amide bonds. The van der Waals surface area contributed by atoms with E-state index in [0.29, 0.717) is 0 Å². The Balaban J connectivity index is 2.94. The van der Waals surface area contributed by atoms with Crippen molar-refractivity contribution in [3.63, 3.8) is 0 Å². The number of halogens is 1. The van der Waals surface area contributed by atoms with Crippen LogP contribution in [0.25, 0.3) is 0 Å². The van der Waals surface area contributed by atoms with Gasteiger partial charge in [0.2, 0.25) is 0 Å². The number of hydrogen-bond donors (Lipinski definition) is 3. The molecule has 4 N–H and O–H groups in total. The molecule has 102 valence electrons. The number of carbonyl (C=O) groups excluding carboxylic acids is 2. The number of aromatic carboxylic acids is 1. The van der Waals surface area contributed by atoms with E-state index in [2.05, 4.69) is 0 Å². The average molecular weight is 270 g/mol. The summed E-state index contributed by atoms with van der Waals surface area (Å²) in [6, 6.07) is 2.30. The van der Waals surface area contributed by atoms with Crippen LogP contribution in [0.2, 0.25) is 0 Å². The first kappa shape index (κ1) is 14.4. The summed E-state index contributed by atoms with van der Waals surface area (Å²) in [6.45, 7) is 1.26. The molecule has 1 aromatic rings. The van der Waals surface area contributed by atoms with E-state index in [-0.39, 0.29) is 5.75 Å². The number of amides is 3. The highest BCUT2D eigenvalue weighted by Crippen LogP contribution is 2.22. The van der Waals surface area contributed by atoms with Gasteiger partial charge in [0.1, 0.15) is 17.1 Å². The van der Waals surface area contributed by atoms with Crippen LogP contribution in [0.15, 0.2) is 18.2 Å². The third-order valence-corrected chi connectivity index (χ3v) is 2.11. The number of urea groups is 1. The predicted molar refractivity (Wildman–Crippen MR) is 61.2 cm³/mol. The second kappa shape index (κ2) is 5.80. The van der Waals surface area contributed by atoms with E-state index >= 15 is 0 Å². The molecule has 0 fully saturated rings. The quantitative estimate of drug-likeness (QED) is 0.735. The fourth-order valence-electron chi connectivity index (χ4n) is 1.28. The molecule has 8 heteroatoms. The Bertz CT molecular complexity index is 532. The molecule has 0 aromatic heterocycles. The molecule has 0 aliphatic rings. The minimum Gasteiger partial charge on any atom is -0.480 e. The smallest absolute Gasteiger partial charge is 0.342 e. The first-order valence-electron chi connectivity index (χ1n) is 5.11. The maximum atomic E-state index is 13.3. The van der Waals surface area contributed by atoms with Gasteiger partial charge in [-0.3, -0.25) is 10.1 Å². The van der Waals surface area contributed by atoms with Crippen LogP contribution in [0.4, 0.5) is 9.18 Å². The van der Waals surface area contributed by atoms with Crippen molar-refractivity contribution < 1.29 is 28.6 Å². The van der Waals surface area contributed by atoms with Gasteiger partial charge in [-0.15, -0.1) is 0 Å². The van der Waals surface area contributed by atoms with Gasteiger partial charge in [0.15, 0.2) is 6.10 Å². The summed E-state index contributed by atoms with van der Waals surface area (Å²) in [5.41, 5.74) is 4.05. The van der Waals surface area contributed by atoms with E-state index in [0.717, 1.165) is 6.07 Å². The van der Waals surface area contributed by atoms with Crippen molar-refractivity contribution >= 4 is 17.9 Å². The van der Waals surface area contributed by atoms with Crippen LogP contribution < -0.4 is 15.8 Å². The molecule has 19 heavy (non-hydrogen) atoms. The van der Waals surface area contributed by atoms with Gasteiger partial charge in [-0.2, -0.15) is 0 Å². The van der Waals surface area contributed by atoms with Gasteiger partial charge < -0.3 is 15.6 Å². The second-order valence-corrected chi connectivity index (χ2v) is 3.53. The molecule has 1 atom stereocenters. The second-order valence-electron chi connectivity index (χ2n) is 3.53. The highest BCUT2D eigenvalue weighted by molar-refractivity contribution is 5.96. The molecule has 0 aliphatic carbocycles. The number of ether oxygens (including phenoxy) is 1. The number of hydrogen-bond acceptors (Lipinski definition) is 4. The van der Waals surface area contributed by atoms with Gasteiger partial charge in [0.05, 0.1) is 0 Å². The van der Waals surface area contributed by atoms with Crippen molar-refractivity contribution in [3.05, 3.63) is 29.6 Å². The molecular formula is C11H11FN2O5. The Morgan fingerprint density at radius 1 is 1.42 bits per heavy atom. The lowest BCUT2D eigenvalue weighted by Crippen LogP contribution is -2.42. The number of rotatable bonds is 4. The third kappa shape index (κ3) is 3.66. The van der Waals surface area contributed by atoms with Crippen molar-refractivity contribution in [1.29, 1.82) is 0 Å². The van der Waals surface area contributed by atoms with E-state index in [1.165, 1.54) is 19.1 Å². The zero-order valence-corrected chi connectivity index (χ0v) is 9.84. The Kier molecular flexibility index (Phi) is 4.41. The highest BCUT2D eigenvalue weighted by atomic mass is 19.1. The summed E-state index contributed by atoms with van der Waals surface area (Å²) in [6.07, 6.45) is -1.22. The van der Waals surface area contributed by atoms with Crippen LogP contribution in [0.1, 0.15) is 17.3 Å². The number of primary amides is 1. The number of carbonyl (C=O) groups is 3. The van der Waals surface area contributed by atoms with Crippen molar-refractivity contribution in [1.82, 2.24) is 5.32 Å². The number of benzene rings is 1. The van der Waals surface area contributed by atoms with Gasteiger partial charge in [-0.25, -0.2) is 14.0 Å². The minimum absolute atomic E-state index is 0.320. The van der Waals surface area contributed by atoms with Gasteiger partial charge in [-0.05, 0) is 19.1 Å². The number of imide groups is 1. The van der Waals surface area contributed by atoms with Gasteiger partial charge in [0, 0.05) is 0 Å². The first-order valence-corrected chi connectivity index (χ1v) is 5.11. The lowest BCUT2D eigenvalue weighted by Gasteiger charge is -2.15.